The molecule has 4 aliphatic carbocycles. The first-order valence-corrected chi connectivity index (χ1v) is 19.5. The minimum atomic E-state index is 0.328. The number of nitriles is 1. The summed E-state index contributed by atoms with van der Waals surface area (Å²) in [7, 11) is 0. The average molecular weight is 711 g/mol. The van der Waals surface area contributed by atoms with Gasteiger partial charge in [0.25, 0.3) is 0 Å². The summed E-state index contributed by atoms with van der Waals surface area (Å²) in [6.45, 7) is 0. The fraction of sp³-hybridized carbons (Fsp3) is 0.204. The molecule has 12 rings (SSSR count). The molecular weight excluding hydrogens is 673 g/mol. The molecule has 0 spiro atoms. The number of fused-ring (bicyclic) bond motifs is 3. The Hall–Kier alpha value is -6.45. The smallest absolute Gasteiger partial charge is 0.164 e. The van der Waals surface area contributed by atoms with Gasteiger partial charge in [0, 0.05) is 39.3 Å². The molecule has 3 heterocycles. The number of para-hydroxylation sites is 2. The Morgan fingerprint density at radius 1 is 0.564 bits per heavy atom. The van der Waals surface area contributed by atoms with E-state index in [1.165, 1.54) is 44.1 Å². The zero-order valence-corrected chi connectivity index (χ0v) is 30.4. The van der Waals surface area contributed by atoms with E-state index in [-0.39, 0.29) is 0 Å². The maximum atomic E-state index is 9.28. The Labute approximate surface area is 320 Å². The Morgan fingerprint density at radius 2 is 1.11 bits per heavy atom. The van der Waals surface area contributed by atoms with Crippen molar-refractivity contribution in [3.05, 3.63) is 151 Å². The van der Waals surface area contributed by atoms with Gasteiger partial charge >= 0.3 is 0 Å². The second kappa shape index (κ2) is 12.6. The van der Waals surface area contributed by atoms with Crippen LogP contribution >= 0.6 is 0 Å². The van der Waals surface area contributed by atoms with Crippen LogP contribution in [0.2, 0.25) is 0 Å². The summed E-state index contributed by atoms with van der Waals surface area (Å²) >= 11 is 0. The molecule has 0 atom stereocenters. The molecule has 0 radical (unpaired) electrons. The van der Waals surface area contributed by atoms with Gasteiger partial charge in [-0.15, -0.1) is 0 Å². The van der Waals surface area contributed by atoms with Crippen LogP contribution in [0.1, 0.15) is 49.7 Å². The second-order valence-electron chi connectivity index (χ2n) is 16.1. The van der Waals surface area contributed by atoms with Gasteiger partial charge in [0.2, 0.25) is 0 Å². The summed E-state index contributed by atoms with van der Waals surface area (Å²) in [5.74, 6) is 4.58. The Morgan fingerprint density at radius 3 is 1.75 bits per heavy atom. The fourth-order valence-electron chi connectivity index (χ4n) is 10.6. The van der Waals surface area contributed by atoms with E-state index in [9.17, 15) is 5.26 Å². The lowest BCUT2D eigenvalue weighted by molar-refractivity contribution is -0.00518. The minimum absolute atomic E-state index is 0.328. The summed E-state index contributed by atoms with van der Waals surface area (Å²) in [5.41, 5.74) is 10.4. The summed E-state index contributed by atoms with van der Waals surface area (Å²) < 4.78 is 2.22. The van der Waals surface area contributed by atoms with E-state index in [4.69, 9.17) is 19.9 Å². The van der Waals surface area contributed by atoms with Gasteiger partial charge in [-0.2, -0.15) is 5.26 Å². The van der Waals surface area contributed by atoms with Crippen LogP contribution in [0.25, 0.3) is 72.9 Å². The Bertz CT molecular complexity index is 2740. The van der Waals surface area contributed by atoms with Crippen LogP contribution in [0.3, 0.4) is 0 Å². The predicted molar refractivity (Wildman–Crippen MR) is 218 cm³/mol. The van der Waals surface area contributed by atoms with Gasteiger partial charge < -0.3 is 0 Å². The SMILES string of the molecule is N#Cc1ccc(-c2ccc(-c3nc(-c4ccc([C@]56CC7C[C@H](C[C@H](C7)C5)C6)cc4)nc(-c4ccnc5c4c4ccccc4n5-c4ccccc4)n3)cc2)cc1. The molecule has 0 aliphatic heterocycles. The van der Waals surface area contributed by atoms with Crippen molar-refractivity contribution in [1.29, 1.82) is 5.26 Å². The largest absolute Gasteiger partial charge is 0.294 e. The van der Waals surface area contributed by atoms with Gasteiger partial charge in [-0.3, -0.25) is 4.57 Å². The van der Waals surface area contributed by atoms with Crippen molar-refractivity contribution in [2.24, 2.45) is 17.8 Å². The number of aromatic nitrogens is 5. The highest BCUT2D eigenvalue weighted by Gasteiger charge is 2.51. The molecule has 8 aromatic rings. The Kier molecular flexibility index (Phi) is 7.32. The van der Waals surface area contributed by atoms with Crippen LogP contribution < -0.4 is 0 Å². The van der Waals surface area contributed by atoms with Crippen molar-refractivity contribution in [3.8, 4) is 57.0 Å². The zero-order valence-electron chi connectivity index (χ0n) is 30.4. The molecule has 0 unspecified atom stereocenters. The number of hydrogen-bond donors (Lipinski definition) is 0. The summed E-state index contributed by atoms with van der Waals surface area (Å²) in [5, 5.41) is 11.4. The summed E-state index contributed by atoms with van der Waals surface area (Å²) in [6.07, 6.45) is 10.2. The van der Waals surface area contributed by atoms with Gasteiger partial charge in [0.15, 0.2) is 17.5 Å². The summed E-state index contributed by atoms with van der Waals surface area (Å²) in [6, 6.07) is 48.4. The first-order valence-electron chi connectivity index (χ1n) is 19.5. The minimum Gasteiger partial charge on any atom is -0.294 e. The van der Waals surface area contributed by atoms with Gasteiger partial charge in [-0.05, 0) is 115 Å². The molecular formula is C49H38N6. The van der Waals surface area contributed by atoms with Gasteiger partial charge in [-0.25, -0.2) is 19.9 Å². The first kappa shape index (κ1) is 32.0. The number of nitrogens with zero attached hydrogens (tertiary/aromatic N) is 6. The maximum Gasteiger partial charge on any atom is 0.164 e. The number of rotatable bonds is 6. The molecule has 6 nitrogen and oxygen atoms in total. The highest BCUT2D eigenvalue weighted by atomic mass is 15.1. The third kappa shape index (κ3) is 5.37. The molecule has 4 aliphatic rings. The van der Waals surface area contributed by atoms with E-state index >= 15 is 0 Å². The van der Waals surface area contributed by atoms with E-state index in [1.807, 2.05) is 42.6 Å². The molecule has 0 N–H and O–H groups in total. The van der Waals surface area contributed by atoms with Gasteiger partial charge in [-0.1, -0.05) is 97.1 Å². The van der Waals surface area contributed by atoms with Crippen LogP contribution in [0.4, 0.5) is 0 Å². The molecule has 4 fully saturated rings. The van der Waals surface area contributed by atoms with Crippen LogP contribution in [-0.2, 0) is 5.41 Å². The third-order valence-corrected chi connectivity index (χ3v) is 12.7. The van der Waals surface area contributed by atoms with Crippen molar-refractivity contribution < 1.29 is 0 Å². The zero-order chi connectivity index (χ0) is 36.5. The van der Waals surface area contributed by atoms with Crippen LogP contribution in [0, 0.1) is 29.1 Å². The van der Waals surface area contributed by atoms with E-state index < -0.39 is 0 Å². The molecule has 4 saturated carbocycles. The van der Waals surface area contributed by atoms with Crippen LogP contribution in [-0.4, -0.2) is 24.5 Å². The number of benzene rings is 5. The molecule has 6 heteroatoms. The lowest BCUT2D eigenvalue weighted by Crippen LogP contribution is -2.48. The van der Waals surface area contributed by atoms with Crippen molar-refractivity contribution in [2.75, 3.05) is 0 Å². The first-order chi connectivity index (χ1) is 27.1. The molecule has 5 aromatic carbocycles. The Balaban J connectivity index is 1.06. The quantitative estimate of drug-likeness (QED) is 0.172. The van der Waals surface area contributed by atoms with Gasteiger partial charge in [0.05, 0.1) is 17.1 Å². The highest BCUT2D eigenvalue weighted by Crippen LogP contribution is 2.60. The monoisotopic (exact) mass is 710 g/mol. The number of hydrogen-bond acceptors (Lipinski definition) is 5. The van der Waals surface area contributed by atoms with Crippen LogP contribution in [0.5, 0.6) is 0 Å². The lowest BCUT2D eigenvalue weighted by Gasteiger charge is -2.57. The molecule has 3 aromatic heterocycles. The normalized spacial score (nSPS) is 21.3. The van der Waals surface area contributed by atoms with E-state index in [0.29, 0.717) is 28.5 Å². The van der Waals surface area contributed by atoms with Crippen molar-refractivity contribution in [2.45, 2.75) is 43.9 Å². The van der Waals surface area contributed by atoms with E-state index in [2.05, 4.69) is 108 Å². The van der Waals surface area contributed by atoms with Gasteiger partial charge in [0.1, 0.15) is 5.65 Å². The van der Waals surface area contributed by atoms with Crippen molar-refractivity contribution in [3.63, 3.8) is 0 Å². The molecule has 55 heavy (non-hydrogen) atoms. The van der Waals surface area contributed by atoms with Crippen LogP contribution in [0.15, 0.2) is 140 Å². The van der Waals surface area contributed by atoms with E-state index in [0.717, 1.165) is 73.2 Å². The topological polar surface area (TPSA) is 80.3 Å². The summed E-state index contributed by atoms with van der Waals surface area (Å²) in [4.78, 5) is 20.6. The van der Waals surface area contributed by atoms with Crippen molar-refractivity contribution in [1.82, 2.24) is 24.5 Å². The predicted octanol–water partition coefficient (Wildman–Crippen LogP) is 11.4. The molecule has 0 amide bonds. The highest BCUT2D eigenvalue weighted by molar-refractivity contribution is 6.14. The lowest BCUT2D eigenvalue weighted by atomic mass is 9.48. The molecule has 264 valence electrons. The molecule has 4 bridgehead atoms. The average Bonchev–Trinajstić information content (AvgIpc) is 3.58. The van der Waals surface area contributed by atoms with E-state index in [1.54, 1.807) is 0 Å². The maximum absolute atomic E-state index is 9.28. The third-order valence-electron chi connectivity index (χ3n) is 12.7. The fourth-order valence-corrected chi connectivity index (χ4v) is 10.6. The number of pyridine rings is 1. The molecule has 0 saturated heterocycles. The van der Waals surface area contributed by atoms with Crippen molar-refractivity contribution >= 4 is 21.9 Å². The second-order valence-corrected chi connectivity index (χ2v) is 16.1. The standard InChI is InChI=1S/C49H38N6/c50-30-31-10-12-35(13-11-31)36-14-16-37(17-15-36)45-52-46(38-18-20-39(21-19-38)49-27-32-24-33(28-49)26-34(25-32)29-49)54-47(53-45)42-22-23-51-48-44(42)41-8-4-5-9-43(41)55(48)40-6-2-1-3-7-40/h1-23,32-34H,24-29H2/t32-,33+,34?,49-.